The maximum absolute atomic E-state index is 9.51. The maximum atomic E-state index is 9.51. The van der Waals surface area contributed by atoms with Crippen molar-refractivity contribution in [2.45, 2.75) is 59.7 Å². The molecule has 0 rings (SSSR count). The van der Waals surface area contributed by atoms with Crippen LogP contribution in [0.5, 0.6) is 0 Å². The van der Waals surface area contributed by atoms with Gasteiger partial charge in [-0.05, 0) is 25.3 Å². The molecular formula is C13H30N2O. The van der Waals surface area contributed by atoms with Gasteiger partial charge in [0.2, 0.25) is 0 Å². The van der Waals surface area contributed by atoms with E-state index < -0.39 is 0 Å². The first-order chi connectivity index (χ1) is 7.12. The Kier molecular flexibility index (Phi) is 5.94. The first kappa shape index (κ1) is 15.9. The fourth-order valence-electron chi connectivity index (χ4n) is 1.86. The molecule has 0 spiro atoms. The molecule has 0 aromatic heterocycles. The Bertz CT molecular complexity index is 199. The zero-order valence-electron chi connectivity index (χ0n) is 12.0. The van der Waals surface area contributed by atoms with E-state index in [-0.39, 0.29) is 24.1 Å². The third-order valence-electron chi connectivity index (χ3n) is 3.79. The van der Waals surface area contributed by atoms with Gasteiger partial charge in [-0.25, -0.2) is 0 Å². The number of likely N-dealkylation sites (N-methyl/N-ethyl adjacent to an activating group) is 1. The lowest BCUT2D eigenvalue weighted by atomic mass is 9.85. The molecule has 98 valence electrons. The molecule has 3 unspecified atom stereocenters. The summed E-state index contributed by atoms with van der Waals surface area (Å²) in [7, 11) is 2.05. The summed E-state index contributed by atoms with van der Waals surface area (Å²) >= 11 is 0. The molecule has 0 aliphatic rings. The van der Waals surface area contributed by atoms with Gasteiger partial charge in [-0.2, -0.15) is 0 Å². The molecule has 3 N–H and O–H groups in total. The van der Waals surface area contributed by atoms with E-state index in [9.17, 15) is 5.11 Å². The molecule has 3 atom stereocenters. The highest BCUT2D eigenvalue weighted by molar-refractivity contribution is 4.88. The average molecular weight is 230 g/mol. The number of aliphatic hydroxyl groups is 1. The molecule has 0 aliphatic heterocycles. The van der Waals surface area contributed by atoms with E-state index in [1.165, 1.54) is 0 Å². The van der Waals surface area contributed by atoms with Crippen molar-refractivity contribution in [2.75, 3.05) is 13.7 Å². The average Bonchev–Trinajstić information content (AvgIpc) is 2.15. The van der Waals surface area contributed by atoms with E-state index in [1.54, 1.807) is 0 Å². The van der Waals surface area contributed by atoms with E-state index in [0.717, 1.165) is 0 Å². The summed E-state index contributed by atoms with van der Waals surface area (Å²) in [4.78, 5) is 2.21. The van der Waals surface area contributed by atoms with Crippen LogP contribution in [0.4, 0.5) is 0 Å². The van der Waals surface area contributed by atoms with Gasteiger partial charge >= 0.3 is 0 Å². The maximum Gasteiger partial charge on any atom is 0.0602 e. The third kappa shape index (κ3) is 4.04. The minimum absolute atomic E-state index is 0.0137. The summed E-state index contributed by atoms with van der Waals surface area (Å²) in [5.41, 5.74) is 6.34. The second-order valence-electron chi connectivity index (χ2n) is 6.28. The standard InChI is InChI=1S/C13H30N2O/c1-9(2)12(14)11(8-16)15(7)10(3)13(4,5)6/h9-12,16H,8,14H2,1-7H3. The summed E-state index contributed by atoms with van der Waals surface area (Å²) < 4.78 is 0. The molecule has 16 heavy (non-hydrogen) atoms. The van der Waals surface area contributed by atoms with Crippen molar-refractivity contribution >= 4 is 0 Å². The van der Waals surface area contributed by atoms with E-state index in [1.807, 2.05) is 0 Å². The monoisotopic (exact) mass is 230 g/mol. The molecule has 0 fully saturated rings. The molecule has 0 aromatic carbocycles. The van der Waals surface area contributed by atoms with Gasteiger partial charge in [0.05, 0.1) is 6.61 Å². The van der Waals surface area contributed by atoms with Gasteiger partial charge in [0, 0.05) is 18.1 Å². The fraction of sp³-hybridized carbons (Fsp3) is 1.00. The molecule has 0 amide bonds. The number of aliphatic hydroxyl groups excluding tert-OH is 1. The lowest BCUT2D eigenvalue weighted by Crippen LogP contribution is -2.56. The molecule has 0 radical (unpaired) electrons. The van der Waals surface area contributed by atoms with Gasteiger partial charge in [-0.1, -0.05) is 34.6 Å². The summed E-state index contributed by atoms with van der Waals surface area (Å²) in [5, 5.41) is 9.51. The van der Waals surface area contributed by atoms with Crippen LogP contribution in [-0.4, -0.2) is 41.8 Å². The van der Waals surface area contributed by atoms with E-state index >= 15 is 0 Å². The Labute approximate surface area is 101 Å². The van der Waals surface area contributed by atoms with E-state index in [0.29, 0.717) is 12.0 Å². The van der Waals surface area contributed by atoms with Crippen LogP contribution >= 0.6 is 0 Å². The Morgan fingerprint density at radius 2 is 1.62 bits per heavy atom. The predicted octanol–water partition coefficient (Wildman–Crippen LogP) is 1.70. The Hall–Kier alpha value is -0.120. The topological polar surface area (TPSA) is 49.5 Å². The van der Waals surface area contributed by atoms with E-state index in [4.69, 9.17) is 5.73 Å². The molecule has 3 nitrogen and oxygen atoms in total. The zero-order valence-corrected chi connectivity index (χ0v) is 12.0. The molecule has 0 saturated carbocycles. The highest BCUT2D eigenvalue weighted by Gasteiger charge is 2.32. The van der Waals surface area contributed by atoms with Gasteiger partial charge in [-0.3, -0.25) is 4.90 Å². The van der Waals surface area contributed by atoms with Crippen molar-refractivity contribution in [1.29, 1.82) is 0 Å². The molecule has 0 aliphatic carbocycles. The number of nitrogens with two attached hydrogens (primary N) is 1. The van der Waals surface area contributed by atoms with Crippen LogP contribution in [-0.2, 0) is 0 Å². The Morgan fingerprint density at radius 3 is 1.88 bits per heavy atom. The minimum Gasteiger partial charge on any atom is -0.395 e. The third-order valence-corrected chi connectivity index (χ3v) is 3.79. The van der Waals surface area contributed by atoms with Crippen LogP contribution in [0.25, 0.3) is 0 Å². The van der Waals surface area contributed by atoms with Crippen LogP contribution in [0.1, 0.15) is 41.5 Å². The van der Waals surface area contributed by atoms with Crippen molar-refractivity contribution in [3.05, 3.63) is 0 Å². The predicted molar refractivity (Wildman–Crippen MR) is 70.4 cm³/mol. The Morgan fingerprint density at radius 1 is 1.19 bits per heavy atom. The molecular weight excluding hydrogens is 200 g/mol. The lowest BCUT2D eigenvalue weighted by molar-refractivity contribution is 0.0426. The van der Waals surface area contributed by atoms with Crippen LogP contribution in [0.2, 0.25) is 0 Å². The minimum atomic E-state index is 0.0137. The molecule has 0 aromatic rings. The van der Waals surface area contributed by atoms with Crippen LogP contribution < -0.4 is 5.73 Å². The quantitative estimate of drug-likeness (QED) is 0.756. The van der Waals surface area contributed by atoms with Gasteiger partial charge in [0.15, 0.2) is 0 Å². The molecule has 0 heterocycles. The summed E-state index contributed by atoms with van der Waals surface area (Å²) in [6.45, 7) is 13.1. The summed E-state index contributed by atoms with van der Waals surface area (Å²) in [6.07, 6.45) is 0. The van der Waals surface area contributed by atoms with Crippen molar-refractivity contribution in [1.82, 2.24) is 4.90 Å². The zero-order chi connectivity index (χ0) is 13.1. The first-order valence-corrected chi connectivity index (χ1v) is 6.21. The second-order valence-corrected chi connectivity index (χ2v) is 6.28. The summed E-state index contributed by atoms with van der Waals surface area (Å²) in [6, 6.07) is 0.434. The highest BCUT2D eigenvalue weighted by Crippen LogP contribution is 2.25. The normalized spacial score (nSPS) is 18.9. The van der Waals surface area contributed by atoms with Crippen molar-refractivity contribution in [2.24, 2.45) is 17.1 Å². The van der Waals surface area contributed by atoms with Crippen molar-refractivity contribution in [3.8, 4) is 0 Å². The smallest absolute Gasteiger partial charge is 0.0602 e. The van der Waals surface area contributed by atoms with Gasteiger partial charge in [-0.15, -0.1) is 0 Å². The molecule has 0 saturated heterocycles. The number of nitrogens with zero attached hydrogens (tertiary/aromatic N) is 1. The molecule has 0 bridgehead atoms. The lowest BCUT2D eigenvalue weighted by Gasteiger charge is -2.42. The fourth-order valence-corrected chi connectivity index (χ4v) is 1.86. The van der Waals surface area contributed by atoms with Gasteiger partial charge < -0.3 is 10.8 Å². The van der Waals surface area contributed by atoms with Gasteiger partial charge in [0.25, 0.3) is 0 Å². The van der Waals surface area contributed by atoms with Gasteiger partial charge in [0.1, 0.15) is 0 Å². The number of hydrogen-bond donors (Lipinski definition) is 2. The SMILES string of the molecule is CC(C)C(N)C(CO)N(C)C(C)C(C)(C)C. The largest absolute Gasteiger partial charge is 0.395 e. The first-order valence-electron chi connectivity index (χ1n) is 6.21. The van der Waals surface area contributed by atoms with Crippen molar-refractivity contribution in [3.63, 3.8) is 0 Å². The molecule has 3 heteroatoms. The van der Waals surface area contributed by atoms with Crippen LogP contribution in [0.3, 0.4) is 0 Å². The summed E-state index contributed by atoms with van der Waals surface area (Å²) in [5.74, 6) is 0.381. The number of hydrogen-bond acceptors (Lipinski definition) is 3. The highest BCUT2D eigenvalue weighted by atomic mass is 16.3. The Balaban J connectivity index is 4.72. The second kappa shape index (κ2) is 5.99. The number of rotatable bonds is 5. The van der Waals surface area contributed by atoms with E-state index in [2.05, 4.69) is 53.5 Å². The van der Waals surface area contributed by atoms with Crippen LogP contribution in [0.15, 0.2) is 0 Å². The van der Waals surface area contributed by atoms with Crippen LogP contribution in [0, 0.1) is 11.3 Å². The van der Waals surface area contributed by atoms with Crippen molar-refractivity contribution < 1.29 is 5.11 Å².